The van der Waals surface area contributed by atoms with Crippen molar-refractivity contribution in [3.05, 3.63) is 65.5 Å². The molecule has 2 aromatic rings. The monoisotopic (exact) mass is 517 g/mol. The van der Waals surface area contributed by atoms with Crippen molar-refractivity contribution >= 4 is 27.5 Å². The van der Waals surface area contributed by atoms with Crippen molar-refractivity contribution in [1.29, 1.82) is 0 Å². The van der Waals surface area contributed by atoms with Gasteiger partial charge in [0.25, 0.3) is 0 Å². The first-order valence-corrected chi connectivity index (χ1v) is 14.3. The minimum atomic E-state index is -3.78. The molecule has 2 aromatic carbocycles. The number of amides is 2. The highest BCUT2D eigenvalue weighted by molar-refractivity contribution is 7.92. The Bertz CT molecular complexity index is 1130. The van der Waals surface area contributed by atoms with Crippen LogP contribution in [0.5, 0.6) is 0 Å². The average Bonchev–Trinajstić information content (AvgIpc) is 2.86. The van der Waals surface area contributed by atoms with Gasteiger partial charge in [0.15, 0.2) is 0 Å². The van der Waals surface area contributed by atoms with Gasteiger partial charge in [0, 0.05) is 12.6 Å². The molecule has 3 rings (SSSR count). The number of hydrogen-bond donors (Lipinski definition) is 1. The van der Waals surface area contributed by atoms with Crippen LogP contribution in [0.15, 0.2) is 48.5 Å². The van der Waals surface area contributed by atoms with Gasteiger partial charge in [-0.15, -0.1) is 0 Å². The number of sulfonamides is 1. The first-order chi connectivity index (χ1) is 17.1. The molecule has 1 fully saturated rings. The van der Waals surface area contributed by atoms with E-state index in [-0.39, 0.29) is 18.5 Å². The molecule has 9 heteroatoms. The van der Waals surface area contributed by atoms with Gasteiger partial charge in [0.05, 0.1) is 11.9 Å². The number of anilines is 1. The molecule has 36 heavy (non-hydrogen) atoms. The summed E-state index contributed by atoms with van der Waals surface area (Å²) in [4.78, 5) is 28.1. The summed E-state index contributed by atoms with van der Waals surface area (Å²) in [6.07, 6.45) is 6.92. The van der Waals surface area contributed by atoms with Crippen molar-refractivity contribution in [3.8, 4) is 0 Å². The molecule has 0 aromatic heterocycles. The molecule has 1 aliphatic carbocycles. The minimum Gasteiger partial charge on any atom is -0.352 e. The topological polar surface area (TPSA) is 86.8 Å². The standard InChI is InChI=1S/C27H36FN3O4S/c1-4-21-12-16-25(17-13-21)31(36(3,34)35)19-26(32)30(18-22-10-14-23(28)15-11-22)20(2)27(33)29-24-8-6-5-7-9-24/h10-17,20,24H,4-9,18-19H2,1-3H3,(H,29,33)/t20-/m0/s1. The lowest BCUT2D eigenvalue weighted by Crippen LogP contribution is -2.52. The summed E-state index contributed by atoms with van der Waals surface area (Å²) >= 11 is 0. The van der Waals surface area contributed by atoms with Crippen LogP contribution in [-0.2, 0) is 32.6 Å². The van der Waals surface area contributed by atoms with Crippen LogP contribution in [0, 0.1) is 5.82 Å². The van der Waals surface area contributed by atoms with Crippen LogP contribution in [0.2, 0.25) is 0 Å². The zero-order valence-corrected chi connectivity index (χ0v) is 22.1. The van der Waals surface area contributed by atoms with E-state index < -0.39 is 34.3 Å². The molecule has 0 unspecified atom stereocenters. The van der Waals surface area contributed by atoms with E-state index in [0.717, 1.165) is 54.6 Å². The quantitative estimate of drug-likeness (QED) is 0.516. The van der Waals surface area contributed by atoms with Crippen molar-refractivity contribution in [3.63, 3.8) is 0 Å². The molecule has 1 aliphatic rings. The smallest absolute Gasteiger partial charge is 0.244 e. The van der Waals surface area contributed by atoms with Crippen LogP contribution in [0.25, 0.3) is 0 Å². The van der Waals surface area contributed by atoms with Crippen LogP contribution in [0.4, 0.5) is 10.1 Å². The molecule has 1 N–H and O–H groups in total. The zero-order valence-electron chi connectivity index (χ0n) is 21.2. The van der Waals surface area contributed by atoms with Crippen molar-refractivity contribution < 1.29 is 22.4 Å². The Labute approximate surface area is 213 Å². The number of halogens is 1. The third kappa shape index (κ3) is 7.53. The zero-order chi connectivity index (χ0) is 26.3. The van der Waals surface area contributed by atoms with Crippen LogP contribution >= 0.6 is 0 Å². The number of carbonyl (C=O) groups is 2. The highest BCUT2D eigenvalue weighted by Gasteiger charge is 2.31. The largest absolute Gasteiger partial charge is 0.352 e. The summed E-state index contributed by atoms with van der Waals surface area (Å²) in [5.41, 5.74) is 2.06. The van der Waals surface area contributed by atoms with Crippen molar-refractivity contribution in [1.82, 2.24) is 10.2 Å². The molecule has 2 amide bonds. The second-order valence-corrected chi connectivity index (χ2v) is 11.4. The van der Waals surface area contributed by atoms with Gasteiger partial charge in [-0.1, -0.05) is 50.5 Å². The molecule has 1 atom stereocenters. The number of carbonyl (C=O) groups excluding carboxylic acids is 2. The Morgan fingerprint density at radius 3 is 2.14 bits per heavy atom. The lowest BCUT2D eigenvalue weighted by Gasteiger charge is -2.33. The molecule has 0 heterocycles. The van der Waals surface area contributed by atoms with Gasteiger partial charge in [0.1, 0.15) is 18.4 Å². The summed E-state index contributed by atoms with van der Waals surface area (Å²) in [5, 5.41) is 3.05. The second-order valence-electron chi connectivity index (χ2n) is 9.46. The first-order valence-electron chi connectivity index (χ1n) is 12.5. The number of nitrogens with one attached hydrogen (secondary N) is 1. The normalized spacial score (nSPS) is 15.2. The summed E-state index contributed by atoms with van der Waals surface area (Å²) in [6, 6.07) is 11.9. The predicted octanol–water partition coefficient (Wildman–Crippen LogP) is 4.02. The van der Waals surface area contributed by atoms with E-state index in [0.29, 0.717) is 11.3 Å². The second kappa shape index (κ2) is 12.3. The lowest BCUT2D eigenvalue weighted by molar-refractivity contribution is -0.139. The highest BCUT2D eigenvalue weighted by Crippen LogP contribution is 2.21. The van der Waals surface area contributed by atoms with E-state index in [4.69, 9.17) is 0 Å². The lowest BCUT2D eigenvalue weighted by atomic mass is 9.95. The Morgan fingerprint density at radius 1 is 1.00 bits per heavy atom. The first kappa shape index (κ1) is 27.6. The van der Waals surface area contributed by atoms with Gasteiger partial charge in [-0.25, -0.2) is 12.8 Å². The highest BCUT2D eigenvalue weighted by atomic mass is 32.2. The van der Waals surface area contributed by atoms with Crippen molar-refractivity contribution in [2.75, 3.05) is 17.1 Å². The maximum atomic E-state index is 13.6. The van der Waals surface area contributed by atoms with Gasteiger partial charge in [-0.3, -0.25) is 13.9 Å². The van der Waals surface area contributed by atoms with Crippen LogP contribution in [0.3, 0.4) is 0 Å². The molecule has 1 saturated carbocycles. The third-order valence-electron chi connectivity index (χ3n) is 6.70. The number of hydrogen-bond acceptors (Lipinski definition) is 4. The molecule has 0 radical (unpaired) electrons. The van der Waals surface area contributed by atoms with Gasteiger partial charge < -0.3 is 10.2 Å². The van der Waals surface area contributed by atoms with E-state index in [2.05, 4.69) is 5.32 Å². The van der Waals surface area contributed by atoms with E-state index in [9.17, 15) is 22.4 Å². The van der Waals surface area contributed by atoms with E-state index >= 15 is 0 Å². The fraction of sp³-hybridized carbons (Fsp3) is 0.481. The number of rotatable bonds is 10. The molecule has 0 spiro atoms. The third-order valence-corrected chi connectivity index (χ3v) is 7.84. The molecule has 0 saturated heterocycles. The number of benzene rings is 2. The van der Waals surface area contributed by atoms with Gasteiger partial charge in [-0.2, -0.15) is 0 Å². The molecule has 0 aliphatic heterocycles. The maximum absolute atomic E-state index is 13.6. The van der Waals surface area contributed by atoms with E-state index in [1.165, 1.54) is 17.0 Å². The minimum absolute atomic E-state index is 0.0464. The Balaban J connectivity index is 1.85. The van der Waals surface area contributed by atoms with E-state index in [1.54, 1.807) is 31.2 Å². The van der Waals surface area contributed by atoms with Gasteiger partial charge >= 0.3 is 0 Å². The predicted molar refractivity (Wildman–Crippen MR) is 139 cm³/mol. The summed E-state index contributed by atoms with van der Waals surface area (Å²) in [7, 11) is -3.78. The molecule has 7 nitrogen and oxygen atoms in total. The number of aryl methyl sites for hydroxylation is 1. The fourth-order valence-electron chi connectivity index (χ4n) is 4.45. The molecule has 196 valence electrons. The fourth-order valence-corrected chi connectivity index (χ4v) is 5.30. The maximum Gasteiger partial charge on any atom is 0.244 e. The van der Waals surface area contributed by atoms with E-state index in [1.807, 2.05) is 19.1 Å². The number of nitrogens with zero attached hydrogens (tertiary/aromatic N) is 2. The Kier molecular flexibility index (Phi) is 9.48. The summed E-state index contributed by atoms with van der Waals surface area (Å²) < 4.78 is 39.8. The van der Waals surface area contributed by atoms with Crippen LogP contribution in [-0.4, -0.2) is 50.0 Å². The Morgan fingerprint density at radius 2 is 1.58 bits per heavy atom. The average molecular weight is 518 g/mol. The molecular formula is C27H36FN3O4S. The van der Waals surface area contributed by atoms with Crippen molar-refractivity contribution in [2.45, 2.75) is 71.0 Å². The van der Waals surface area contributed by atoms with Crippen LogP contribution < -0.4 is 9.62 Å². The molecule has 0 bridgehead atoms. The van der Waals surface area contributed by atoms with Gasteiger partial charge in [0.2, 0.25) is 21.8 Å². The Hall–Kier alpha value is -2.94. The summed E-state index contributed by atoms with van der Waals surface area (Å²) in [6.45, 7) is 3.23. The van der Waals surface area contributed by atoms with Crippen LogP contribution in [0.1, 0.15) is 57.1 Å². The molecular weight excluding hydrogens is 481 g/mol. The summed E-state index contributed by atoms with van der Waals surface area (Å²) in [5.74, 6) is -1.20. The SMILES string of the molecule is CCc1ccc(N(CC(=O)N(Cc2ccc(F)cc2)[C@@H](C)C(=O)NC2CCCCC2)S(C)(=O)=O)cc1. The van der Waals surface area contributed by atoms with Crippen molar-refractivity contribution in [2.24, 2.45) is 0 Å². The van der Waals surface area contributed by atoms with Gasteiger partial charge in [-0.05, 0) is 61.6 Å².